The van der Waals surface area contributed by atoms with Gasteiger partial charge < -0.3 is 14.7 Å². The highest BCUT2D eigenvalue weighted by Crippen LogP contribution is 2.27. The molecule has 2 atom stereocenters. The SMILES string of the molecule is Cc1nc(C(=O)N2CC(c3cccc(Cl)c3)OCC2C)ccc1C(=O)O. The van der Waals surface area contributed by atoms with Crippen LogP contribution < -0.4 is 0 Å². The fourth-order valence-electron chi connectivity index (χ4n) is 3.00. The van der Waals surface area contributed by atoms with Crippen molar-refractivity contribution in [2.24, 2.45) is 0 Å². The summed E-state index contributed by atoms with van der Waals surface area (Å²) >= 11 is 6.05. The lowest BCUT2D eigenvalue weighted by Gasteiger charge is -2.38. The lowest BCUT2D eigenvalue weighted by Crippen LogP contribution is -2.48. The largest absolute Gasteiger partial charge is 0.478 e. The van der Waals surface area contributed by atoms with E-state index in [4.69, 9.17) is 21.4 Å². The molecule has 1 saturated heterocycles. The number of carbonyl (C=O) groups excluding carboxylic acids is 1. The quantitative estimate of drug-likeness (QED) is 0.891. The van der Waals surface area contributed by atoms with Gasteiger partial charge in [0.05, 0.1) is 30.5 Å². The minimum Gasteiger partial charge on any atom is -0.478 e. The van der Waals surface area contributed by atoms with Crippen LogP contribution in [0.3, 0.4) is 0 Å². The molecular formula is C19H19ClN2O4. The third-order valence-electron chi connectivity index (χ3n) is 4.45. The Bertz CT molecular complexity index is 855. The van der Waals surface area contributed by atoms with E-state index in [9.17, 15) is 9.59 Å². The summed E-state index contributed by atoms with van der Waals surface area (Å²) in [7, 11) is 0. The van der Waals surface area contributed by atoms with Gasteiger partial charge in [-0.25, -0.2) is 9.78 Å². The minimum atomic E-state index is -1.06. The van der Waals surface area contributed by atoms with Gasteiger partial charge >= 0.3 is 5.97 Å². The fraction of sp³-hybridized carbons (Fsp3) is 0.316. The van der Waals surface area contributed by atoms with Crippen molar-refractivity contribution in [1.82, 2.24) is 9.88 Å². The summed E-state index contributed by atoms with van der Waals surface area (Å²) in [6, 6.07) is 10.1. The monoisotopic (exact) mass is 374 g/mol. The molecule has 1 fully saturated rings. The first-order valence-electron chi connectivity index (χ1n) is 8.26. The Kier molecular flexibility index (Phi) is 5.25. The second-order valence-electron chi connectivity index (χ2n) is 6.32. The second-order valence-corrected chi connectivity index (χ2v) is 6.75. The number of hydrogen-bond donors (Lipinski definition) is 1. The number of halogens is 1. The molecule has 7 heteroatoms. The Morgan fingerprint density at radius 3 is 2.73 bits per heavy atom. The number of benzene rings is 1. The number of ether oxygens (including phenoxy) is 1. The van der Waals surface area contributed by atoms with E-state index >= 15 is 0 Å². The van der Waals surface area contributed by atoms with Crippen molar-refractivity contribution in [3.05, 3.63) is 63.9 Å². The number of nitrogens with zero attached hydrogens (tertiary/aromatic N) is 2. The summed E-state index contributed by atoms with van der Waals surface area (Å²) in [5.74, 6) is -1.30. The van der Waals surface area contributed by atoms with Crippen molar-refractivity contribution in [2.45, 2.75) is 26.0 Å². The number of hydrogen-bond acceptors (Lipinski definition) is 4. The average molecular weight is 375 g/mol. The highest BCUT2D eigenvalue weighted by Gasteiger charge is 2.32. The number of aromatic carboxylic acids is 1. The topological polar surface area (TPSA) is 79.7 Å². The van der Waals surface area contributed by atoms with E-state index < -0.39 is 5.97 Å². The van der Waals surface area contributed by atoms with Crippen molar-refractivity contribution < 1.29 is 19.4 Å². The minimum absolute atomic E-state index is 0.0911. The maximum atomic E-state index is 12.9. The van der Waals surface area contributed by atoms with Crippen LogP contribution in [0.4, 0.5) is 0 Å². The molecule has 136 valence electrons. The normalized spacial score (nSPS) is 20.0. The Morgan fingerprint density at radius 2 is 2.08 bits per heavy atom. The molecule has 1 aliphatic rings. The molecule has 6 nitrogen and oxygen atoms in total. The first-order valence-corrected chi connectivity index (χ1v) is 8.63. The molecule has 0 bridgehead atoms. The Morgan fingerprint density at radius 1 is 1.31 bits per heavy atom. The van der Waals surface area contributed by atoms with Crippen molar-refractivity contribution in [1.29, 1.82) is 0 Å². The number of pyridine rings is 1. The van der Waals surface area contributed by atoms with Gasteiger partial charge in [-0.05, 0) is 43.7 Å². The zero-order valence-electron chi connectivity index (χ0n) is 14.5. The van der Waals surface area contributed by atoms with E-state index in [2.05, 4.69) is 4.98 Å². The molecule has 0 spiro atoms. The van der Waals surface area contributed by atoms with Gasteiger partial charge in [-0.15, -0.1) is 0 Å². The Hall–Kier alpha value is -2.44. The number of aryl methyl sites for hydroxylation is 1. The van der Waals surface area contributed by atoms with Crippen molar-refractivity contribution in [2.75, 3.05) is 13.2 Å². The molecule has 2 aromatic rings. The second kappa shape index (κ2) is 7.43. The number of carboxylic acid groups (broad SMARTS) is 1. The van der Waals surface area contributed by atoms with Gasteiger partial charge in [0.1, 0.15) is 11.8 Å². The van der Waals surface area contributed by atoms with Gasteiger partial charge in [0.15, 0.2) is 0 Å². The molecule has 0 aliphatic carbocycles. The first-order chi connectivity index (χ1) is 12.4. The number of rotatable bonds is 3. The van der Waals surface area contributed by atoms with Crippen LogP contribution in [-0.4, -0.2) is 46.1 Å². The number of carbonyl (C=O) groups is 2. The molecule has 0 radical (unpaired) electrons. The van der Waals surface area contributed by atoms with E-state index in [-0.39, 0.29) is 29.3 Å². The van der Waals surface area contributed by atoms with Gasteiger partial charge in [0.2, 0.25) is 0 Å². The number of aromatic nitrogens is 1. The summed E-state index contributed by atoms with van der Waals surface area (Å²) in [6.45, 7) is 4.26. The number of morpholine rings is 1. The smallest absolute Gasteiger partial charge is 0.337 e. The van der Waals surface area contributed by atoms with Crippen LogP contribution >= 0.6 is 11.6 Å². The number of amides is 1. The third-order valence-corrected chi connectivity index (χ3v) is 4.68. The summed E-state index contributed by atoms with van der Waals surface area (Å²) in [5.41, 5.74) is 1.54. The molecule has 1 aliphatic heterocycles. The predicted octanol–water partition coefficient (Wildman–Crippen LogP) is 3.34. The summed E-state index contributed by atoms with van der Waals surface area (Å²) in [5, 5.41) is 9.72. The molecule has 1 aromatic carbocycles. The predicted molar refractivity (Wildman–Crippen MR) is 96.6 cm³/mol. The first kappa shape index (κ1) is 18.4. The van der Waals surface area contributed by atoms with Gasteiger partial charge in [-0.3, -0.25) is 4.79 Å². The standard InChI is InChI=1S/C19H19ClN2O4/c1-11-10-26-17(13-4-3-5-14(20)8-13)9-22(11)18(23)16-7-6-15(19(24)25)12(2)21-16/h3-8,11,17H,9-10H2,1-2H3,(H,24,25). The zero-order valence-corrected chi connectivity index (χ0v) is 15.2. The molecule has 26 heavy (non-hydrogen) atoms. The van der Waals surface area contributed by atoms with E-state index in [1.807, 2.05) is 25.1 Å². The summed E-state index contributed by atoms with van der Waals surface area (Å²) < 4.78 is 5.87. The van der Waals surface area contributed by atoms with Crippen molar-refractivity contribution in [3.63, 3.8) is 0 Å². The zero-order chi connectivity index (χ0) is 18.8. The van der Waals surface area contributed by atoms with Crippen LogP contribution in [0, 0.1) is 6.92 Å². The Labute approximate surface area is 156 Å². The van der Waals surface area contributed by atoms with Gasteiger partial charge in [-0.1, -0.05) is 23.7 Å². The molecule has 2 unspecified atom stereocenters. The third kappa shape index (κ3) is 3.71. The summed E-state index contributed by atoms with van der Waals surface area (Å²) in [4.78, 5) is 29.9. The summed E-state index contributed by atoms with van der Waals surface area (Å²) in [6.07, 6.45) is -0.270. The molecular weight excluding hydrogens is 356 g/mol. The van der Waals surface area contributed by atoms with Crippen LogP contribution in [0.15, 0.2) is 36.4 Å². The van der Waals surface area contributed by atoms with E-state index in [0.29, 0.717) is 23.9 Å². The molecule has 2 heterocycles. The molecule has 1 amide bonds. The maximum absolute atomic E-state index is 12.9. The van der Waals surface area contributed by atoms with Crippen LogP contribution in [0.2, 0.25) is 5.02 Å². The lowest BCUT2D eigenvalue weighted by molar-refractivity contribution is -0.0488. The van der Waals surface area contributed by atoms with Crippen LogP contribution in [-0.2, 0) is 4.74 Å². The van der Waals surface area contributed by atoms with Crippen LogP contribution in [0.5, 0.6) is 0 Å². The van der Waals surface area contributed by atoms with E-state index in [1.165, 1.54) is 12.1 Å². The molecule has 3 rings (SSSR count). The highest BCUT2D eigenvalue weighted by atomic mass is 35.5. The van der Waals surface area contributed by atoms with E-state index in [0.717, 1.165) is 5.56 Å². The van der Waals surface area contributed by atoms with Crippen LogP contribution in [0.1, 0.15) is 45.1 Å². The van der Waals surface area contributed by atoms with Crippen molar-refractivity contribution >= 4 is 23.5 Å². The molecule has 1 N–H and O–H groups in total. The highest BCUT2D eigenvalue weighted by molar-refractivity contribution is 6.30. The van der Waals surface area contributed by atoms with E-state index in [1.54, 1.807) is 17.9 Å². The van der Waals surface area contributed by atoms with Gasteiger partial charge in [0, 0.05) is 5.02 Å². The Balaban J connectivity index is 1.83. The van der Waals surface area contributed by atoms with Gasteiger partial charge in [0.25, 0.3) is 5.91 Å². The maximum Gasteiger partial charge on any atom is 0.337 e. The molecule has 0 saturated carbocycles. The molecule has 1 aromatic heterocycles. The number of carboxylic acids is 1. The fourth-order valence-corrected chi connectivity index (χ4v) is 3.20. The average Bonchev–Trinajstić information content (AvgIpc) is 2.61. The van der Waals surface area contributed by atoms with Gasteiger partial charge in [-0.2, -0.15) is 0 Å². The lowest BCUT2D eigenvalue weighted by atomic mass is 10.1. The van der Waals surface area contributed by atoms with Crippen molar-refractivity contribution in [3.8, 4) is 0 Å². The van der Waals surface area contributed by atoms with Crippen LogP contribution in [0.25, 0.3) is 0 Å².